The third kappa shape index (κ3) is 3.86. The van der Waals surface area contributed by atoms with Gasteiger partial charge in [0.15, 0.2) is 0 Å². The molecule has 0 amide bonds. The molecule has 0 spiro atoms. The van der Waals surface area contributed by atoms with Crippen molar-refractivity contribution in [2.75, 3.05) is 0 Å². The lowest BCUT2D eigenvalue weighted by Crippen LogP contribution is -2.52. The van der Waals surface area contributed by atoms with E-state index in [-0.39, 0.29) is 0 Å². The predicted molar refractivity (Wildman–Crippen MR) is 127 cm³/mol. The van der Waals surface area contributed by atoms with E-state index in [1.165, 1.54) is 38.5 Å². The molecule has 0 radical (unpaired) electrons. The molecule has 1 unspecified atom stereocenters. The van der Waals surface area contributed by atoms with Crippen LogP contribution in [0.15, 0.2) is 0 Å². The first kappa shape index (κ1) is 22.2. The van der Waals surface area contributed by atoms with Crippen LogP contribution in [0.2, 0.25) is 0 Å². The SMILES string of the molecule is CCC(CC[C@H](C)[C@H]1CC[C@@]2(C)[C@@H]1CC[C@H]1[C@@H]3CCCC[C@@]3(C)CC[C@@H]12)C(C)C. The van der Waals surface area contributed by atoms with Gasteiger partial charge in [0.05, 0.1) is 0 Å². The summed E-state index contributed by atoms with van der Waals surface area (Å²) in [6, 6.07) is 0. The van der Waals surface area contributed by atoms with Gasteiger partial charge in [-0.05, 0) is 116 Å². The Hall–Kier alpha value is 0. The molecule has 29 heavy (non-hydrogen) atoms. The fourth-order valence-corrected chi connectivity index (χ4v) is 9.78. The molecule has 0 heteroatoms. The smallest absolute Gasteiger partial charge is 0.0264 e. The molecule has 9 atom stereocenters. The lowest BCUT2D eigenvalue weighted by Gasteiger charge is -2.60. The Morgan fingerprint density at radius 1 is 0.759 bits per heavy atom. The Kier molecular flexibility index (Phi) is 6.51. The van der Waals surface area contributed by atoms with Crippen molar-refractivity contribution in [2.24, 2.45) is 58.2 Å². The molecule has 4 rings (SSSR count). The number of fused-ring (bicyclic) bond motifs is 5. The van der Waals surface area contributed by atoms with Crippen molar-refractivity contribution in [1.82, 2.24) is 0 Å². The first-order valence-electron chi connectivity index (χ1n) is 13.8. The van der Waals surface area contributed by atoms with E-state index in [9.17, 15) is 0 Å². The van der Waals surface area contributed by atoms with E-state index in [0.717, 1.165) is 47.3 Å². The summed E-state index contributed by atoms with van der Waals surface area (Å²) in [5.41, 5.74) is 1.39. The molecule has 0 saturated heterocycles. The highest BCUT2D eigenvalue weighted by molar-refractivity contribution is 5.08. The zero-order valence-corrected chi connectivity index (χ0v) is 20.8. The van der Waals surface area contributed by atoms with Gasteiger partial charge in [0.1, 0.15) is 0 Å². The Labute approximate surface area is 183 Å². The van der Waals surface area contributed by atoms with Crippen molar-refractivity contribution in [3.8, 4) is 0 Å². The largest absolute Gasteiger partial charge is 0.0651 e. The van der Waals surface area contributed by atoms with Gasteiger partial charge in [0.25, 0.3) is 0 Å². The summed E-state index contributed by atoms with van der Waals surface area (Å²) < 4.78 is 0. The van der Waals surface area contributed by atoms with E-state index in [4.69, 9.17) is 0 Å². The quantitative estimate of drug-likeness (QED) is 0.417. The normalized spacial score (nSPS) is 46.7. The Balaban J connectivity index is 1.44. The van der Waals surface area contributed by atoms with Crippen LogP contribution >= 0.6 is 0 Å². The van der Waals surface area contributed by atoms with E-state index in [1.807, 2.05) is 0 Å². The van der Waals surface area contributed by atoms with Crippen LogP contribution in [0.3, 0.4) is 0 Å². The van der Waals surface area contributed by atoms with Gasteiger partial charge in [0, 0.05) is 0 Å². The molecule has 168 valence electrons. The van der Waals surface area contributed by atoms with Crippen molar-refractivity contribution in [3.63, 3.8) is 0 Å². The molecule has 0 aromatic heterocycles. The van der Waals surface area contributed by atoms with E-state index < -0.39 is 0 Å². The summed E-state index contributed by atoms with van der Waals surface area (Å²) in [6.45, 7) is 15.4. The van der Waals surface area contributed by atoms with Crippen molar-refractivity contribution < 1.29 is 0 Å². The highest BCUT2D eigenvalue weighted by atomic mass is 14.6. The average molecular weight is 401 g/mol. The van der Waals surface area contributed by atoms with Crippen molar-refractivity contribution in [1.29, 1.82) is 0 Å². The van der Waals surface area contributed by atoms with Crippen molar-refractivity contribution in [2.45, 2.75) is 125 Å². The molecule has 0 bridgehead atoms. The molecule has 0 aliphatic heterocycles. The van der Waals surface area contributed by atoms with Crippen LogP contribution in [-0.2, 0) is 0 Å². The van der Waals surface area contributed by atoms with Crippen LogP contribution in [0.25, 0.3) is 0 Å². The molecule has 4 fully saturated rings. The maximum Gasteiger partial charge on any atom is -0.0264 e. The number of hydrogen-bond donors (Lipinski definition) is 0. The van der Waals surface area contributed by atoms with Crippen molar-refractivity contribution >= 4 is 0 Å². The zero-order chi connectivity index (χ0) is 20.8. The second-order valence-corrected chi connectivity index (χ2v) is 13.2. The fraction of sp³-hybridized carbons (Fsp3) is 1.00. The monoisotopic (exact) mass is 400 g/mol. The van der Waals surface area contributed by atoms with Gasteiger partial charge in [0.2, 0.25) is 0 Å². The van der Waals surface area contributed by atoms with Crippen LogP contribution in [-0.4, -0.2) is 0 Å². The van der Waals surface area contributed by atoms with E-state index in [2.05, 4.69) is 41.5 Å². The summed E-state index contributed by atoms with van der Waals surface area (Å²) in [4.78, 5) is 0. The third-order valence-electron chi connectivity index (χ3n) is 11.7. The molecule has 0 aromatic rings. The van der Waals surface area contributed by atoms with Gasteiger partial charge < -0.3 is 0 Å². The standard InChI is InChI=1S/C29H52/c1-7-22(20(2)3)12-11-21(4)23-15-19-29(6)26(23)14-13-24-25-10-8-9-17-28(25,5)18-16-27(24)29/h20-27H,7-19H2,1-6H3/t21-,22?,23+,24-,25-,26+,27-,28-,29-/m0/s1. The molecular weight excluding hydrogens is 348 g/mol. The molecular formula is C29H52. The molecule has 4 aliphatic rings. The maximum absolute atomic E-state index is 2.77. The predicted octanol–water partition coefficient (Wildman–Crippen LogP) is 9.13. The van der Waals surface area contributed by atoms with Crippen LogP contribution < -0.4 is 0 Å². The summed E-state index contributed by atoms with van der Waals surface area (Å²) in [5, 5.41) is 0. The number of rotatable bonds is 6. The highest BCUT2D eigenvalue weighted by Gasteiger charge is 2.59. The van der Waals surface area contributed by atoms with E-state index in [1.54, 1.807) is 44.9 Å². The van der Waals surface area contributed by atoms with Gasteiger partial charge in [-0.25, -0.2) is 0 Å². The lowest BCUT2D eigenvalue weighted by atomic mass is 9.45. The Morgan fingerprint density at radius 3 is 2.28 bits per heavy atom. The Bertz CT molecular complexity index is 548. The minimum atomic E-state index is 0.683. The van der Waals surface area contributed by atoms with Gasteiger partial charge >= 0.3 is 0 Å². The Morgan fingerprint density at radius 2 is 1.55 bits per heavy atom. The average Bonchev–Trinajstić information content (AvgIpc) is 3.04. The molecule has 4 aliphatic carbocycles. The summed E-state index contributed by atoms with van der Waals surface area (Å²) in [7, 11) is 0. The van der Waals surface area contributed by atoms with E-state index >= 15 is 0 Å². The third-order valence-corrected chi connectivity index (χ3v) is 11.7. The molecule has 0 heterocycles. The second-order valence-electron chi connectivity index (χ2n) is 13.2. The topological polar surface area (TPSA) is 0 Å². The molecule has 0 N–H and O–H groups in total. The second kappa shape index (κ2) is 8.50. The lowest BCUT2D eigenvalue weighted by molar-refractivity contribution is -0.108. The van der Waals surface area contributed by atoms with Crippen LogP contribution in [0, 0.1) is 58.2 Å². The summed E-state index contributed by atoms with van der Waals surface area (Å²) >= 11 is 0. The fourth-order valence-electron chi connectivity index (χ4n) is 9.78. The van der Waals surface area contributed by atoms with Gasteiger partial charge in [-0.3, -0.25) is 0 Å². The summed E-state index contributed by atoms with van der Waals surface area (Å²) in [5.74, 6) is 8.06. The van der Waals surface area contributed by atoms with Gasteiger partial charge in [-0.2, -0.15) is 0 Å². The van der Waals surface area contributed by atoms with Crippen LogP contribution in [0.4, 0.5) is 0 Å². The van der Waals surface area contributed by atoms with Crippen molar-refractivity contribution in [3.05, 3.63) is 0 Å². The minimum absolute atomic E-state index is 0.683. The maximum atomic E-state index is 2.77. The zero-order valence-electron chi connectivity index (χ0n) is 20.8. The molecule has 4 saturated carbocycles. The minimum Gasteiger partial charge on any atom is -0.0651 e. The van der Waals surface area contributed by atoms with Crippen LogP contribution in [0.1, 0.15) is 125 Å². The van der Waals surface area contributed by atoms with Gasteiger partial charge in [-0.15, -0.1) is 0 Å². The van der Waals surface area contributed by atoms with Gasteiger partial charge in [-0.1, -0.05) is 67.2 Å². The van der Waals surface area contributed by atoms with E-state index in [0.29, 0.717) is 10.8 Å². The molecule has 0 aromatic carbocycles. The highest BCUT2D eigenvalue weighted by Crippen LogP contribution is 2.68. The molecule has 0 nitrogen and oxygen atoms in total. The first-order chi connectivity index (χ1) is 13.8. The van der Waals surface area contributed by atoms with Crippen LogP contribution in [0.5, 0.6) is 0 Å². The summed E-state index contributed by atoms with van der Waals surface area (Å²) in [6.07, 6.45) is 19.8. The number of hydrogen-bond acceptors (Lipinski definition) is 0. The first-order valence-corrected chi connectivity index (χ1v) is 13.8.